The van der Waals surface area contributed by atoms with Gasteiger partial charge in [0.15, 0.2) is 5.12 Å². The summed E-state index contributed by atoms with van der Waals surface area (Å²) < 4.78 is 10.7. The average Bonchev–Trinajstić information content (AvgIpc) is 2.88. The Morgan fingerprint density at radius 2 is 1.44 bits per heavy atom. The summed E-state index contributed by atoms with van der Waals surface area (Å²) >= 11 is 0.924. The lowest BCUT2D eigenvalue weighted by Gasteiger charge is -2.29. The van der Waals surface area contributed by atoms with Crippen molar-refractivity contribution in [2.45, 2.75) is 104 Å². The first-order chi connectivity index (χ1) is 19.9. The third-order valence-electron chi connectivity index (χ3n) is 6.43. The van der Waals surface area contributed by atoms with Crippen molar-refractivity contribution in [3.8, 4) is 5.75 Å². The summed E-state index contributed by atoms with van der Waals surface area (Å²) in [5.41, 5.74) is 0.0972. The van der Waals surface area contributed by atoms with Crippen LogP contribution in [-0.4, -0.2) is 65.9 Å². The molecule has 0 heterocycles. The number of benzene rings is 1. The molecule has 0 radical (unpaired) electrons. The van der Waals surface area contributed by atoms with Gasteiger partial charge in [0.25, 0.3) is 0 Å². The van der Waals surface area contributed by atoms with E-state index in [2.05, 4.69) is 16.0 Å². The van der Waals surface area contributed by atoms with Gasteiger partial charge in [-0.25, -0.2) is 4.79 Å². The van der Waals surface area contributed by atoms with Gasteiger partial charge >= 0.3 is 5.97 Å². The Kier molecular flexibility index (Phi) is 15.8. The molecular formula is C32H51N3O7S. The number of esters is 1. The fourth-order valence-corrected chi connectivity index (χ4v) is 5.63. The largest absolute Gasteiger partial charge is 0.497 e. The Morgan fingerprint density at radius 3 is 1.91 bits per heavy atom. The highest BCUT2D eigenvalue weighted by Gasteiger charge is 2.36. The minimum absolute atomic E-state index is 0.0596. The SMILES string of the molecule is CNC(=O)[C@H](Cc1ccc(OC)cc1)NC(=O)[C@@H](CC(C)C)[C@H](CC(=O)NC(CC(C)C)C(=O)OC(C)(C)C)SC(C)=O. The summed E-state index contributed by atoms with van der Waals surface area (Å²) in [4.78, 5) is 65.1. The summed E-state index contributed by atoms with van der Waals surface area (Å²) in [6.45, 7) is 14.4. The van der Waals surface area contributed by atoms with Crippen LogP contribution in [0.4, 0.5) is 0 Å². The van der Waals surface area contributed by atoms with Crippen LogP contribution in [-0.2, 0) is 35.1 Å². The normalized spacial score (nSPS) is 14.3. The van der Waals surface area contributed by atoms with E-state index in [9.17, 15) is 24.0 Å². The van der Waals surface area contributed by atoms with E-state index in [0.29, 0.717) is 18.6 Å². The topological polar surface area (TPSA) is 140 Å². The standard InChI is InChI=1S/C32H51N3O7S/c1-19(2)15-24(29(38)35-25(30(39)33-9)17-22-11-13-23(41-10)14-12-22)27(43-21(5)36)18-28(37)34-26(16-20(3)4)31(40)42-32(6,7)8/h11-14,19-20,24-27H,15-18H2,1-10H3,(H,33,39)(H,34,37)(H,35,38)/t24-,25-,26?,27-/m0/s1. The fraction of sp³-hybridized carbons (Fsp3) is 0.656. The number of hydrogen-bond donors (Lipinski definition) is 3. The zero-order chi connectivity index (χ0) is 32.9. The van der Waals surface area contributed by atoms with E-state index in [1.54, 1.807) is 40.0 Å². The van der Waals surface area contributed by atoms with Crippen molar-refractivity contribution in [1.29, 1.82) is 0 Å². The van der Waals surface area contributed by atoms with E-state index in [0.717, 1.165) is 17.3 Å². The maximum Gasteiger partial charge on any atom is 0.329 e. The van der Waals surface area contributed by atoms with Gasteiger partial charge in [-0.3, -0.25) is 19.2 Å². The number of amides is 3. The van der Waals surface area contributed by atoms with Gasteiger partial charge in [0.2, 0.25) is 17.7 Å². The van der Waals surface area contributed by atoms with Gasteiger partial charge in [0, 0.05) is 32.1 Å². The van der Waals surface area contributed by atoms with Crippen molar-refractivity contribution in [2.24, 2.45) is 17.8 Å². The zero-order valence-electron chi connectivity index (χ0n) is 27.4. The third-order valence-corrected chi connectivity index (χ3v) is 7.56. The number of rotatable bonds is 16. The molecule has 1 aromatic rings. The van der Waals surface area contributed by atoms with Crippen molar-refractivity contribution >= 4 is 40.6 Å². The predicted octanol–water partition coefficient (Wildman–Crippen LogP) is 4.04. The Balaban J connectivity index is 3.25. The van der Waals surface area contributed by atoms with Crippen molar-refractivity contribution in [3.05, 3.63) is 29.8 Å². The van der Waals surface area contributed by atoms with E-state index >= 15 is 0 Å². The number of ether oxygens (including phenoxy) is 2. The summed E-state index contributed by atoms with van der Waals surface area (Å²) in [5, 5.41) is 7.31. The molecule has 0 aliphatic carbocycles. The van der Waals surface area contributed by atoms with Gasteiger partial charge in [-0.15, -0.1) is 0 Å². The molecule has 0 bridgehead atoms. The lowest BCUT2D eigenvalue weighted by molar-refractivity contribution is -0.159. The minimum atomic E-state index is -0.875. The van der Waals surface area contributed by atoms with Gasteiger partial charge < -0.3 is 25.4 Å². The van der Waals surface area contributed by atoms with Crippen LogP contribution >= 0.6 is 11.8 Å². The van der Waals surface area contributed by atoms with E-state index in [-0.39, 0.29) is 35.7 Å². The lowest BCUT2D eigenvalue weighted by atomic mass is 9.90. The minimum Gasteiger partial charge on any atom is -0.497 e. The first-order valence-corrected chi connectivity index (χ1v) is 15.7. The Morgan fingerprint density at radius 1 is 0.860 bits per heavy atom. The number of thioether (sulfide) groups is 1. The number of nitrogens with one attached hydrogen (secondary N) is 3. The van der Waals surface area contributed by atoms with E-state index in [1.165, 1.54) is 14.0 Å². The fourth-order valence-electron chi connectivity index (χ4n) is 4.57. The molecular weight excluding hydrogens is 570 g/mol. The van der Waals surface area contributed by atoms with Crippen LogP contribution in [0.15, 0.2) is 24.3 Å². The molecule has 0 saturated carbocycles. The molecule has 1 unspecified atom stereocenters. The molecule has 11 heteroatoms. The summed E-state index contributed by atoms with van der Waals surface area (Å²) in [7, 11) is 3.06. The van der Waals surface area contributed by atoms with Crippen molar-refractivity contribution < 1.29 is 33.4 Å². The van der Waals surface area contributed by atoms with Crippen molar-refractivity contribution in [1.82, 2.24) is 16.0 Å². The van der Waals surface area contributed by atoms with Crippen LogP contribution in [0.2, 0.25) is 0 Å². The zero-order valence-corrected chi connectivity index (χ0v) is 28.2. The molecule has 0 aliphatic rings. The molecule has 0 aliphatic heterocycles. The number of carbonyl (C=O) groups excluding carboxylic acids is 5. The molecule has 10 nitrogen and oxygen atoms in total. The van der Waals surface area contributed by atoms with Crippen LogP contribution in [0, 0.1) is 17.8 Å². The number of hydrogen-bond acceptors (Lipinski definition) is 8. The molecule has 1 rings (SSSR count). The van der Waals surface area contributed by atoms with Crippen LogP contribution < -0.4 is 20.7 Å². The number of carbonyl (C=O) groups is 5. The first kappa shape index (κ1) is 37.9. The molecule has 0 spiro atoms. The van der Waals surface area contributed by atoms with E-state index in [1.807, 2.05) is 39.8 Å². The van der Waals surface area contributed by atoms with Gasteiger partial charge in [-0.05, 0) is 63.1 Å². The second-order valence-corrected chi connectivity index (χ2v) is 14.0. The molecule has 3 amide bonds. The quantitative estimate of drug-likeness (QED) is 0.235. The van der Waals surface area contributed by atoms with Gasteiger partial charge in [0.05, 0.1) is 13.0 Å². The van der Waals surface area contributed by atoms with Crippen LogP contribution in [0.1, 0.15) is 80.2 Å². The van der Waals surface area contributed by atoms with Crippen LogP contribution in [0.3, 0.4) is 0 Å². The highest BCUT2D eigenvalue weighted by Crippen LogP contribution is 2.30. The maximum absolute atomic E-state index is 13.8. The van der Waals surface area contributed by atoms with Gasteiger partial charge in [-0.2, -0.15) is 0 Å². The molecule has 1 aromatic carbocycles. The van der Waals surface area contributed by atoms with Gasteiger partial charge in [-0.1, -0.05) is 51.6 Å². The molecule has 242 valence electrons. The Labute approximate surface area is 261 Å². The second kappa shape index (κ2) is 17.9. The predicted molar refractivity (Wildman–Crippen MR) is 170 cm³/mol. The average molecular weight is 622 g/mol. The Hall–Kier alpha value is -3.08. The monoisotopic (exact) mass is 621 g/mol. The molecule has 3 N–H and O–H groups in total. The maximum atomic E-state index is 13.8. The molecule has 0 saturated heterocycles. The van der Waals surface area contributed by atoms with Crippen molar-refractivity contribution in [2.75, 3.05) is 14.2 Å². The molecule has 0 fully saturated rings. The third kappa shape index (κ3) is 14.8. The molecule has 0 aromatic heterocycles. The summed E-state index contributed by atoms with van der Waals surface area (Å²) in [5.74, 6) is -1.70. The molecule has 4 atom stereocenters. The lowest BCUT2D eigenvalue weighted by Crippen LogP contribution is -2.51. The van der Waals surface area contributed by atoms with Crippen LogP contribution in [0.5, 0.6) is 5.75 Å². The molecule has 43 heavy (non-hydrogen) atoms. The summed E-state index contributed by atoms with van der Waals surface area (Å²) in [6.07, 6.45) is 0.825. The second-order valence-electron chi connectivity index (χ2n) is 12.6. The van der Waals surface area contributed by atoms with E-state index < -0.39 is 46.6 Å². The number of methoxy groups -OCH3 is 1. The van der Waals surface area contributed by atoms with Crippen molar-refractivity contribution in [3.63, 3.8) is 0 Å². The summed E-state index contributed by atoms with van der Waals surface area (Å²) in [6, 6.07) is 5.46. The van der Waals surface area contributed by atoms with E-state index in [4.69, 9.17) is 9.47 Å². The Bertz CT molecular complexity index is 1080. The number of likely N-dealkylation sites (N-methyl/N-ethyl adjacent to an activating group) is 1. The van der Waals surface area contributed by atoms with Crippen LogP contribution in [0.25, 0.3) is 0 Å². The highest BCUT2D eigenvalue weighted by atomic mass is 32.2. The van der Waals surface area contributed by atoms with Gasteiger partial charge in [0.1, 0.15) is 23.4 Å². The smallest absolute Gasteiger partial charge is 0.329 e. The first-order valence-electron chi connectivity index (χ1n) is 14.8. The highest BCUT2D eigenvalue weighted by molar-refractivity contribution is 8.14.